The summed E-state index contributed by atoms with van der Waals surface area (Å²) in [5.41, 5.74) is -1.59. The Morgan fingerprint density at radius 1 is 1.18 bits per heavy atom. The molecular weight excluding hydrogens is 525 g/mol. The summed E-state index contributed by atoms with van der Waals surface area (Å²) in [6.45, 7) is 1.25. The number of hydrogen-bond donors (Lipinski definition) is 1. The SMILES string of the molecule is COC(=O)C1(c2nc(C)c(Oc3ccc(-n4ncn(Cc5c(F)cccc5F)c4=O)cc3F)s2)CC(O)C1. The summed E-state index contributed by atoms with van der Waals surface area (Å²) in [4.78, 5) is 29.6. The Morgan fingerprint density at radius 2 is 1.89 bits per heavy atom. The van der Waals surface area contributed by atoms with Gasteiger partial charge in [-0.2, -0.15) is 9.78 Å². The number of methoxy groups -OCH3 is 1. The molecular formula is C25H21F3N4O5S. The van der Waals surface area contributed by atoms with Crippen molar-refractivity contribution in [2.24, 2.45) is 0 Å². The maximum absolute atomic E-state index is 15.0. The predicted octanol–water partition coefficient (Wildman–Crippen LogP) is 3.62. The van der Waals surface area contributed by atoms with Gasteiger partial charge in [0.1, 0.15) is 28.4 Å². The van der Waals surface area contributed by atoms with E-state index >= 15 is 0 Å². The second kappa shape index (κ2) is 9.72. The lowest BCUT2D eigenvalue weighted by molar-refractivity contribution is -0.156. The van der Waals surface area contributed by atoms with Crippen molar-refractivity contribution in [3.63, 3.8) is 0 Å². The van der Waals surface area contributed by atoms with E-state index in [9.17, 15) is 27.9 Å². The second-order valence-corrected chi connectivity index (χ2v) is 9.86. The van der Waals surface area contributed by atoms with E-state index in [4.69, 9.17) is 9.47 Å². The maximum Gasteiger partial charge on any atom is 0.350 e. The van der Waals surface area contributed by atoms with Crippen LogP contribution in [0.3, 0.4) is 0 Å². The number of esters is 1. The van der Waals surface area contributed by atoms with Crippen molar-refractivity contribution in [3.05, 3.63) is 86.9 Å². The molecule has 0 radical (unpaired) electrons. The van der Waals surface area contributed by atoms with Crippen molar-refractivity contribution in [3.8, 4) is 16.5 Å². The smallest absolute Gasteiger partial charge is 0.350 e. The van der Waals surface area contributed by atoms with E-state index in [0.717, 1.165) is 45.1 Å². The van der Waals surface area contributed by atoms with Gasteiger partial charge in [-0.15, -0.1) is 0 Å². The summed E-state index contributed by atoms with van der Waals surface area (Å²) >= 11 is 1.06. The van der Waals surface area contributed by atoms with Crippen LogP contribution in [0.1, 0.15) is 29.1 Å². The highest BCUT2D eigenvalue weighted by molar-refractivity contribution is 7.14. The van der Waals surface area contributed by atoms with Crippen LogP contribution in [0.5, 0.6) is 10.8 Å². The number of ether oxygens (including phenoxy) is 2. The molecule has 2 aromatic carbocycles. The number of carbonyl (C=O) groups excluding carboxylic acids is 1. The Labute approximate surface area is 217 Å². The molecule has 0 bridgehead atoms. The third-order valence-electron chi connectivity index (χ3n) is 6.39. The van der Waals surface area contributed by atoms with E-state index in [2.05, 4.69) is 10.1 Å². The van der Waals surface area contributed by atoms with Gasteiger partial charge in [-0.3, -0.25) is 9.36 Å². The van der Waals surface area contributed by atoms with E-state index < -0.39 is 47.2 Å². The molecule has 5 rings (SSSR count). The van der Waals surface area contributed by atoms with Crippen molar-refractivity contribution in [2.75, 3.05) is 7.11 Å². The second-order valence-electron chi connectivity index (χ2n) is 8.90. The van der Waals surface area contributed by atoms with Crippen molar-refractivity contribution in [1.29, 1.82) is 0 Å². The highest BCUT2D eigenvalue weighted by atomic mass is 32.1. The molecule has 0 saturated heterocycles. The summed E-state index contributed by atoms with van der Waals surface area (Å²) in [5, 5.41) is 14.4. The van der Waals surface area contributed by atoms with E-state index in [1.807, 2.05) is 0 Å². The third-order valence-corrected chi connectivity index (χ3v) is 7.63. The number of nitrogens with zero attached hydrogens (tertiary/aromatic N) is 4. The summed E-state index contributed by atoms with van der Waals surface area (Å²) in [5.74, 6) is -3.08. The number of aromatic nitrogens is 4. The largest absolute Gasteiger partial charge is 0.468 e. The molecule has 1 saturated carbocycles. The first kappa shape index (κ1) is 25.7. The summed E-state index contributed by atoms with van der Waals surface area (Å²) in [6, 6.07) is 7.12. The number of aliphatic hydroxyl groups is 1. The summed E-state index contributed by atoms with van der Waals surface area (Å²) < 4.78 is 55.5. The minimum Gasteiger partial charge on any atom is -0.468 e. The van der Waals surface area contributed by atoms with Gasteiger partial charge in [-0.1, -0.05) is 17.4 Å². The lowest BCUT2D eigenvalue weighted by Crippen LogP contribution is -2.51. The average molecular weight is 547 g/mol. The maximum atomic E-state index is 15.0. The van der Waals surface area contributed by atoms with Gasteiger partial charge in [0.05, 0.1) is 31.1 Å². The zero-order valence-corrected chi connectivity index (χ0v) is 21.0. The van der Waals surface area contributed by atoms with Crippen molar-refractivity contribution in [1.82, 2.24) is 19.3 Å². The fourth-order valence-corrected chi connectivity index (χ4v) is 5.46. The first-order valence-corrected chi connectivity index (χ1v) is 12.2. The van der Waals surface area contributed by atoms with Gasteiger partial charge in [0.15, 0.2) is 11.6 Å². The molecule has 2 heterocycles. The summed E-state index contributed by atoms with van der Waals surface area (Å²) in [7, 11) is 1.26. The van der Waals surface area contributed by atoms with Gasteiger partial charge >= 0.3 is 11.7 Å². The van der Waals surface area contributed by atoms with E-state index in [1.54, 1.807) is 6.92 Å². The van der Waals surface area contributed by atoms with E-state index in [-0.39, 0.29) is 34.9 Å². The molecule has 0 amide bonds. The number of halogens is 3. The molecule has 0 spiro atoms. The van der Waals surface area contributed by atoms with Crippen LogP contribution >= 0.6 is 11.3 Å². The molecule has 0 unspecified atom stereocenters. The molecule has 1 fully saturated rings. The number of rotatable bonds is 7. The monoisotopic (exact) mass is 546 g/mol. The lowest BCUT2D eigenvalue weighted by Gasteiger charge is -2.40. The van der Waals surface area contributed by atoms with Gasteiger partial charge in [0.2, 0.25) is 5.06 Å². The Morgan fingerprint density at radius 3 is 2.53 bits per heavy atom. The molecule has 4 aromatic rings. The molecule has 2 aromatic heterocycles. The molecule has 1 N–H and O–H groups in total. The minimum atomic E-state index is -1.07. The number of benzene rings is 2. The van der Waals surface area contributed by atoms with E-state index in [0.29, 0.717) is 10.7 Å². The average Bonchev–Trinajstić information content (AvgIpc) is 3.42. The van der Waals surface area contributed by atoms with Crippen LogP contribution in [-0.4, -0.2) is 43.6 Å². The molecule has 38 heavy (non-hydrogen) atoms. The first-order valence-electron chi connectivity index (χ1n) is 11.4. The van der Waals surface area contributed by atoms with Crippen molar-refractivity contribution < 1.29 is 32.5 Å². The van der Waals surface area contributed by atoms with Gasteiger partial charge in [0.25, 0.3) is 0 Å². The van der Waals surface area contributed by atoms with Crippen molar-refractivity contribution >= 4 is 17.3 Å². The number of hydrogen-bond acceptors (Lipinski definition) is 8. The van der Waals surface area contributed by atoms with E-state index in [1.165, 1.54) is 25.3 Å². The quantitative estimate of drug-likeness (QED) is 0.353. The fourth-order valence-electron chi connectivity index (χ4n) is 4.33. The Kier molecular flexibility index (Phi) is 6.57. The Bertz CT molecular complexity index is 1570. The molecule has 198 valence electrons. The highest BCUT2D eigenvalue weighted by Crippen LogP contribution is 2.48. The van der Waals surface area contributed by atoms with Crippen LogP contribution in [0.2, 0.25) is 0 Å². The van der Waals surface area contributed by atoms with Crippen LogP contribution in [0.15, 0.2) is 47.5 Å². The van der Waals surface area contributed by atoms with Crippen LogP contribution in [0, 0.1) is 24.4 Å². The molecule has 9 nitrogen and oxygen atoms in total. The lowest BCUT2D eigenvalue weighted by atomic mass is 9.67. The summed E-state index contributed by atoms with van der Waals surface area (Å²) in [6.07, 6.45) is 0.790. The van der Waals surface area contributed by atoms with Crippen molar-refractivity contribution in [2.45, 2.75) is 37.8 Å². The molecule has 1 aliphatic rings. The molecule has 0 aliphatic heterocycles. The topological polar surface area (TPSA) is 108 Å². The molecule has 13 heteroatoms. The third kappa shape index (κ3) is 4.37. The standard InChI is InChI=1S/C25H21F3N4O5S/c1-13-21(38-22(30-13)25(23(34)36-2)9-15(33)10-25)37-20-7-6-14(8-19(20)28)32-24(35)31(12-29-32)11-16-17(26)4-3-5-18(16)27/h3-8,12,15,33H,9-11H2,1-2H3. The van der Waals surface area contributed by atoms with Gasteiger partial charge < -0.3 is 14.6 Å². The number of aliphatic hydroxyl groups excluding tert-OH is 1. The molecule has 1 aliphatic carbocycles. The molecule has 0 atom stereocenters. The number of aryl methyl sites for hydroxylation is 1. The van der Waals surface area contributed by atoms with Crippen LogP contribution < -0.4 is 10.4 Å². The Balaban J connectivity index is 1.38. The van der Waals surface area contributed by atoms with Crippen LogP contribution in [0.4, 0.5) is 13.2 Å². The minimum absolute atomic E-state index is 0.0717. The number of thiazole rings is 1. The van der Waals surface area contributed by atoms with Crippen LogP contribution in [-0.2, 0) is 21.5 Å². The normalized spacial score (nSPS) is 18.7. The van der Waals surface area contributed by atoms with Crippen LogP contribution in [0.25, 0.3) is 5.69 Å². The Hall–Kier alpha value is -3.97. The zero-order chi connectivity index (χ0) is 27.2. The highest BCUT2D eigenvalue weighted by Gasteiger charge is 2.54. The number of carbonyl (C=O) groups is 1. The fraction of sp³-hybridized carbons (Fsp3) is 0.280. The zero-order valence-electron chi connectivity index (χ0n) is 20.2. The van der Waals surface area contributed by atoms with Gasteiger partial charge in [-0.05, 0) is 44.0 Å². The van der Waals surface area contributed by atoms with Gasteiger partial charge in [0, 0.05) is 11.6 Å². The van der Waals surface area contributed by atoms with Gasteiger partial charge in [-0.25, -0.2) is 22.9 Å². The first-order chi connectivity index (χ1) is 18.1. The predicted molar refractivity (Wildman–Crippen MR) is 129 cm³/mol.